The van der Waals surface area contributed by atoms with Crippen LogP contribution in [0.5, 0.6) is 5.75 Å². The minimum atomic E-state index is -0.0258. The maximum absolute atomic E-state index is 11.7. The highest BCUT2D eigenvalue weighted by Crippen LogP contribution is 2.13. The van der Waals surface area contributed by atoms with Crippen LogP contribution in [-0.2, 0) is 4.79 Å². The van der Waals surface area contributed by atoms with Crippen LogP contribution in [0.2, 0.25) is 0 Å². The van der Waals surface area contributed by atoms with Gasteiger partial charge in [0.05, 0.1) is 5.71 Å². The van der Waals surface area contributed by atoms with Crippen LogP contribution in [0.4, 0.5) is 0 Å². The van der Waals surface area contributed by atoms with E-state index in [9.17, 15) is 4.79 Å². The Hall–Kier alpha value is -2.04. The zero-order chi connectivity index (χ0) is 14.3. The molecule has 1 aromatic rings. The van der Waals surface area contributed by atoms with E-state index in [2.05, 4.69) is 5.16 Å². The van der Waals surface area contributed by atoms with Crippen molar-refractivity contribution < 1.29 is 14.7 Å². The smallest absolute Gasteiger partial charge is 0.260 e. The lowest BCUT2D eigenvalue weighted by atomic mass is 10.1. The monoisotopic (exact) mass is 264 g/mol. The van der Waals surface area contributed by atoms with E-state index in [1.165, 1.54) is 0 Å². The van der Waals surface area contributed by atoms with Gasteiger partial charge in [0.25, 0.3) is 5.91 Å². The van der Waals surface area contributed by atoms with E-state index in [0.717, 1.165) is 5.56 Å². The third-order valence-electron chi connectivity index (χ3n) is 2.90. The van der Waals surface area contributed by atoms with Crippen molar-refractivity contribution in [2.75, 3.05) is 19.7 Å². The van der Waals surface area contributed by atoms with Crippen LogP contribution >= 0.6 is 0 Å². The molecule has 0 saturated carbocycles. The Labute approximate surface area is 113 Å². The molecule has 0 aromatic heterocycles. The minimum absolute atomic E-state index is 0.0258. The average molecular weight is 264 g/mol. The molecule has 19 heavy (non-hydrogen) atoms. The van der Waals surface area contributed by atoms with Gasteiger partial charge in [-0.25, -0.2) is 0 Å². The predicted octanol–water partition coefficient (Wildman–Crippen LogP) is 2.13. The summed E-state index contributed by atoms with van der Waals surface area (Å²) in [6.45, 7) is 6.99. The largest absolute Gasteiger partial charge is 0.484 e. The minimum Gasteiger partial charge on any atom is -0.484 e. The van der Waals surface area contributed by atoms with E-state index < -0.39 is 0 Å². The summed E-state index contributed by atoms with van der Waals surface area (Å²) in [4.78, 5) is 13.5. The number of ether oxygens (including phenoxy) is 1. The zero-order valence-corrected chi connectivity index (χ0v) is 11.6. The molecular weight excluding hydrogens is 244 g/mol. The fourth-order valence-electron chi connectivity index (χ4n) is 1.66. The number of benzene rings is 1. The van der Waals surface area contributed by atoms with Crippen LogP contribution in [0.25, 0.3) is 0 Å². The second-order valence-electron chi connectivity index (χ2n) is 4.06. The second-order valence-corrected chi connectivity index (χ2v) is 4.06. The normalized spacial score (nSPS) is 11.2. The number of hydrogen-bond donors (Lipinski definition) is 1. The molecule has 5 nitrogen and oxygen atoms in total. The number of amides is 1. The molecule has 0 saturated heterocycles. The lowest BCUT2D eigenvalue weighted by Crippen LogP contribution is -2.34. The number of carbonyl (C=O) groups is 1. The Bertz CT molecular complexity index is 437. The first-order valence-electron chi connectivity index (χ1n) is 6.32. The maximum Gasteiger partial charge on any atom is 0.260 e. The van der Waals surface area contributed by atoms with Crippen molar-refractivity contribution in [1.82, 2.24) is 4.90 Å². The van der Waals surface area contributed by atoms with Gasteiger partial charge >= 0.3 is 0 Å². The van der Waals surface area contributed by atoms with Gasteiger partial charge in [0.1, 0.15) is 5.75 Å². The van der Waals surface area contributed by atoms with Crippen molar-refractivity contribution in [2.24, 2.45) is 5.16 Å². The van der Waals surface area contributed by atoms with Gasteiger partial charge in [-0.1, -0.05) is 5.16 Å². The van der Waals surface area contributed by atoms with Gasteiger partial charge in [-0.05, 0) is 50.6 Å². The van der Waals surface area contributed by atoms with Gasteiger partial charge in [0, 0.05) is 13.1 Å². The average Bonchev–Trinajstić information content (AvgIpc) is 2.46. The molecule has 1 amide bonds. The molecule has 5 heteroatoms. The van der Waals surface area contributed by atoms with E-state index >= 15 is 0 Å². The first-order chi connectivity index (χ1) is 9.12. The van der Waals surface area contributed by atoms with Crippen LogP contribution in [0.15, 0.2) is 29.4 Å². The molecule has 1 rings (SSSR count). The molecule has 0 unspecified atom stereocenters. The van der Waals surface area contributed by atoms with Gasteiger partial charge < -0.3 is 14.8 Å². The van der Waals surface area contributed by atoms with Crippen LogP contribution < -0.4 is 4.74 Å². The van der Waals surface area contributed by atoms with Gasteiger partial charge in [0.15, 0.2) is 6.61 Å². The highest BCUT2D eigenvalue weighted by molar-refractivity contribution is 5.98. The van der Waals surface area contributed by atoms with Gasteiger partial charge in [0.2, 0.25) is 0 Å². The lowest BCUT2D eigenvalue weighted by molar-refractivity contribution is -0.132. The molecule has 0 aliphatic heterocycles. The van der Waals surface area contributed by atoms with Gasteiger partial charge in [-0.15, -0.1) is 0 Å². The Kier molecular flexibility index (Phi) is 5.85. The number of nitrogens with zero attached hydrogens (tertiary/aromatic N) is 2. The van der Waals surface area contributed by atoms with Crippen molar-refractivity contribution in [3.05, 3.63) is 29.8 Å². The van der Waals surface area contributed by atoms with E-state index in [-0.39, 0.29) is 12.5 Å². The highest BCUT2D eigenvalue weighted by Gasteiger charge is 2.10. The van der Waals surface area contributed by atoms with E-state index in [1.54, 1.807) is 36.1 Å². The van der Waals surface area contributed by atoms with Crippen molar-refractivity contribution in [1.29, 1.82) is 0 Å². The van der Waals surface area contributed by atoms with Crippen LogP contribution in [0, 0.1) is 0 Å². The molecule has 0 heterocycles. The molecule has 1 aromatic carbocycles. The Balaban J connectivity index is 2.57. The van der Waals surface area contributed by atoms with Crippen LogP contribution in [0.3, 0.4) is 0 Å². The topological polar surface area (TPSA) is 62.1 Å². The molecule has 104 valence electrons. The molecule has 0 bridgehead atoms. The van der Waals surface area contributed by atoms with Crippen molar-refractivity contribution in [3.8, 4) is 5.75 Å². The Morgan fingerprint density at radius 1 is 1.26 bits per heavy atom. The molecule has 1 N–H and O–H groups in total. The van der Waals surface area contributed by atoms with Crippen LogP contribution in [0.1, 0.15) is 26.3 Å². The molecule has 0 atom stereocenters. The molecule has 0 spiro atoms. The summed E-state index contributed by atoms with van der Waals surface area (Å²) in [7, 11) is 0. The van der Waals surface area contributed by atoms with Crippen molar-refractivity contribution in [2.45, 2.75) is 20.8 Å². The predicted molar refractivity (Wildman–Crippen MR) is 73.9 cm³/mol. The molecule has 0 aliphatic rings. The summed E-state index contributed by atoms with van der Waals surface area (Å²) < 4.78 is 5.43. The van der Waals surface area contributed by atoms with Crippen molar-refractivity contribution >= 4 is 11.6 Å². The summed E-state index contributed by atoms with van der Waals surface area (Å²) in [6.07, 6.45) is 0. The number of rotatable bonds is 6. The quantitative estimate of drug-likeness (QED) is 0.486. The summed E-state index contributed by atoms with van der Waals surface area (Å²) in [6, 6.07) is 7.07. The number of hydrogen-bond acceptors (Lipinski definition) is 4. The first kappa shape index (κ1) is 15.0. The third kappa shape index (κ3) is 4.28. The third-order valence-corrected chi connectivity index (χ3v) is 2.90. The van der Waals surface area contributed by atoms with Gasteiger partial charge in [-0.3, -0.25) is 4.79 Å². The number of likely N-dealkylation sites (N-methyl/N-ethyl adjacent to an activating group) is 1. The Morgan fingerprint density at radius 2 is 1.84 bits per heavy atom. The SMILES string of the molecule is CCN(CC)C(=O)COc1ccc(/C(C)=N/O)cc1. The first-order valence-corrected chi connectivity index (χ1v) is 6.32. The standard InChI is InChI=1S/C14H20N2O3/c1-4-16(5-2)14(17)10-19-13-8-6-12(7-9-13)11(3)15-18/h6-9,18H,4-5,10H2,1-3H3/b15-11+. The van der Waals surface area contributed by atoms with E-state index in [4.69, 9.17) is 9.94 Å². The van der Waals surface area contributed by atoms with E-state index in [1.807, 2.05) is 13.8 Å². The molecular formula is C14H20N2O3. The second kappa shape index (κ2) is 7.41. The van der Waals surface area contributed by atoms with Gasteiger partial charge in [-0.2, -0.15) is 0 Å². The van der Waals surface area contributed by atoms with Crippen molar-refractivity contribution in [3.63, 3.8) is 0 Å². The summed E-state index contributed by atoms with van der Waals surface area (Å²) in [5.74, 6) is 0.595. The lowest BCUT2D eigenvalue weighted by Gasteiger charge is -2.18. The fourth-order valence-corrected chi connectivity index (χ4v) is 1.66. The molecule has 0 aliphatic carbocycles. The highest BCUT2D eigenvalue weighted by atomic mass is 16.5. The Morgan fingerprint density at radius 3 is 2.32 bits per heavy atom. The summed E-state index contributed by atoms with van der Waals surface area (Å²) in [5, 5.41) is 11.8. The van der Waals surface area contributed by atoms with E-state index in [0.29, 0.717) is 24.6 Å². The zero-order valence-electron chi connectivity index (χ0n) is 11.6. The number of carbonyl (C=O) groups excluding carboxylic acids is 1. The maximum atomic E-state index is 11.7. The molecule has 0 fully saturated rings. The number of oxime groups is 1. The summed E-state index contributed by atoms with van der Waals surface area (Å²) in [5.41, 5.74) is 1.34. The van der Waals surface area contributed by atoms with Crippen LogP contribution in [-0.4, -0.2) is 41.4 Å². The fraction of sp³-hybridized carbons (Fsp3) is 0.429. The molecule has 0 radical (unpaired) electrons. The summed E-state index contributed by atoms with van der Waals surface area (Å²) >= 11 is 0.